The van der Waals surface area contributed by atoms with Crippen molar-refractivity contribution < 1.29 is 0 Å². The van der Waals surface area contributed by atoms with Gasteiger partial charge in [0.2, 0.25) is 0 Å². The molecule has 0 aliphatic carbocycles. The first-order valence-electron chi connectivity index (χ1n) is 7.85. The Morgan fingerprint density at radius 3 is 1.62 bits per heavy atom. The largest absolute Gasteiger partial charge is 0.0622 e. The van der Waals surface area contributed by atoms with Gasteiger partial charge in [0.05, 0.1) is 0 Å². The number of hydrogen-bond acceptors (Lipinski definition) is 0. The Labute approximate surface area is 130 Å². The van der Waals surface area contributed by atoms with Crippen LogP contribution < -0.4 is 0 Å². The number of benzene rings is 2. The highest BCUT2D eigenvalue weighted by molar-refractivity contribution is 5.68. The summed E-state index contributed by atoms with van der Waals surface area (Å²) in [5.41, 5.74) is 4.59. The molecular formula is C21H28. The molecule has 0 unspecified atom stereocenters. The SMILES string of the molecule is CC(C)(C)C(c1ccccc1-c1ccccc1)C(C)(C)C. The van der Waals surface area contributed by atoms with Gasteiger partial charge < -0.3 is 0 Å². The molecule has 0 radical (unpaired) electrons. The zero-order valence-corrected chi connectivity index (χ0v) is 14.3. The van der Waals surface area contributed by atoms with E-state index in [1.165, 1.54) is 16.7 Å². The van der Waals surface area contributed by atoms with Gasteiger partial charge in [0, 0.05) is 0 Å². The van der Waals surface area contributed by atoms with Gasteiger partial charge in [0.1, 0.15) is 0 Å². The van der Waals surface area contributed by atoms with Crippen LogP contribution in [0.3, 0.4) is 0 Å². The summed E-state index contributed by atoms with van der Waals surface area (Å²) >= 11 is 0. The minimum Gasteiger partial charge on any atom is -0.0622 e. The lowest BCUT2D eigenvalue weighted by Crippen LogP contribution is -2.30. The quantitative estimate of drug-likeness (QED) is 0.586. The monoisotopic (exact) mass is 280 g/mol. The van der Waals surface area contributed by atoms with Crippen molar-refractivity contribution in [3.05, 3.63) is 60.2 Å². The summed E-state index contributed by atoms with van der Waals surface area (Å²) in [5.74, 6) is 0.501. The average Bonchev–Trinajstić information content (AvgIpc) is 2.37. The van der Waals surface area contributed by atoms with Gasteiger partial charge in [-0.15, -0.1) is 0 Å². The Balaban J connectivity index is 2.63. The lowest BCUT2D eigenvalue weighted by Gasteiger charge is -2.42. The number of rotatable bonds is 2. The van der Waals surface area contributed by atoms with E-state index in [1.807, 2.05) is 0 Å². The van der Waals surface area contributed by atoms with Crippen LogP contribution in [0.25, 0.3) is 11.1 Å². The molecule has 0 N–H and O–H groups in total. The van der Waals surface area contributed by atoms with E-state index in [4.69, 9.17) is 0 Å². The molecule has 0 heteroatoms. The van der Waals surface area contributed by atoms with Gasteiger partial charge in [-0.1, -0.05) is 96.1 Å². The van der Waals surface area contributed by atoms with Crippen molar-refractivity contribution in [3.63, 3.8) is 0 Å². The lowest BCUT2D eigenvalue weighted by atomic mass is 9.62. The first-order chi connectivity index (χ1) is 9.71. The third-order valence-corrected chi connectivity index (χ3v) is 4.09. The van der Waals surface area contributed by atoms with Crippen LogP contribution in [0.2, 0.25) is 0 Å². The molecule has 0 atom stereocenters. The summed E-state index contributed by atoms with van der Waals surface area (Å²) in [5, 5.41) is 0. The maximum absolute atomic E-state index is 2.35. The van der Waals surface area contributed by atoms with Crippen molar-refractivity contribution in [3.8, 4) is 11.1 Å². The fourth-order valence-electron chi connectivity index (χ4n) is 3.86. The molecule has 0 fully saturated rings. The van der Waals surface area contributed by atoms with E-state index in [0.717, 1.165) is 0 Å². The second-order valence-corrected chi connectivity index (χ2v) is 8.12. The Morgan fingerprint density at radius 2 is 1.10 bits per heavy atom. The molecule has 0 nitrogen and oxygen atoms in total. The molecule has 21 heavy (non-hydrogen) atoms. The summed E-state index contributed by atoms with van der Waals surface area (Å²) in [6.07, 6.45) is 0. The van der Waals surface area contributed by atoms with Crippen molar-refractivity contribution in [2.45, 2.75) is 47.5 Å². The molecule has 0 aliphatic heterocycles. The average molecular weight is 280 g/mol. The summed E-state index contributed by atoms with van der Waals surface area (Å²) in [7, 11) is 0. The van der Waals surface area contributed by atoms with Crippen LogP contribution in [-0.4, -0.2) is 0 Å². The van der Waals surface area contributed by atoms with E-state index < -0.39 is 0 Å². The van der Waals surface area contributed by atoms with Crippen LogP contribution in [0.1, 0.15) is 53.0 Å². The summed E-state index contributed by atoms with van der Waals surface area (Å²) < 4.78 is 0. The second kappa shape index (κ2) is 5.67. The van der Waals surface area contributed by atoms with Gasteiger partial charge in [-0.2, -0.15) is 0 Å². The lowest BCUT2D eigenvalue weighted by molar-refractivity contribution is 0.176. The first-order valence-corrected chi connectivity index (χ1v) is 7.85. The molecule has 0 amide bonds. The smallest absolute Gasteiger partial charge is 0.00584 e. The topological polar surface area (TPSA) is 0 Å². The molecule has 0 saturated carbocycles. The molecule has 0 aromatic heterocycles. The molecule has 0 aliphatic rings. The zero-order valence-electron chi connectivity index (χ0n) is 14.3. The van der Waals surface area contributed by atoms with E-state index in [9.17, 15) is 0 Å². The molecule has 112 valence electrons. The van der Waals surface area contributed by atoms with Gasteiger partial charge in [-0.3, -0.25) is 0 Å². The second-order valence-electron chi connectivity index (χ2n) is 8.12. The van der Waals surface area contributed by atoms with Crippen LogP contribution in [-0.2, 0) is 0 Å². The predicted octanol–water partition coefficient (Wildman–Crippen LogP) is 6.53. The van der Waals surface area contributed by atoms with Crippen LogP contribution in [0, 0.1) is 10.8 Å². The van der Waals surface area contributed by atoms with Gasteiger partial charge >= 0.3 is 0 Å². The normalized spacial score (nSPS) is 12.7. The highest BCUT2D eigenvalue weighted by atomic mass is 14.4. The molecule has 2 rings (SSSR count). The molecule has 2 aromatic rings. The molecule has 0 spiro atoms. The van der Waals surface area contributed by atoms with Crippen LogP contribution >= 0.6 is 0 Å². The van der Waals surface area contributed by atoms with Gasteiger partial charge in [-0.25, -0.2) is 0 Å². The van der Waals surface area contributed by atoms with E-state index in [0.29, 0.717) is 5.92 Å². The van der Waals surface area contributed by atoms with Crippen molar-refractivity contribution in [1.82, 2.24) is 0 Å². The highest BCUT2D eigenvalue weighted by Crippen LogP contribution is 2.49. The Hall–Kier alpha value is -1.56. The Bertz CT molecular complexity index is 565. The van der Waals surface area contributed by atoms with Crippen molar-refractivity contribution in [1.29, 1.82) is 0 Å². The van der Waals surface area contributed by atoms with Gasteiger partial charge in [0.25, 0.3) is 0 Å². The maximum atomic E-state index is 2.35. The van der Waals surface area contributed by atoms with Gasteiger partial charge in [-0.05, 0) is 33.4 Å². The van der Waals surface area contributed by atoms with Crippen molar-refractivity contribution >= 4 is 0 Å². The number of hydrogen-bond donors (Lipinski definition) is 0. The van der Waals surface area contributed by atoms with Gasteiger partial charge in [0.15, 0.2) is 0 Å². The third-order valence-electron chi connectivity index (χ3n) is 4.09. The fourth-order valence-corrected chi connectivity index (χ4v) is 3.86. The fraction of sp³-hybridized carbons (Fsp3) is 0.429. The first kappa shape index (κ1) is 15.8. The zero-order chi connectivity index (χ0) is 15.7. The van der Waals surface area contributed by atoms with Crippen LogP contribution in [0.5, 0.6) is 0 Å². The Morgan fingerprint density at radius 1 is 0.619 bits per heavy atom. The summed E-state index contributed by atoms with van der Waals surface area (Å²) in [6.45, 7) is 14.1. The van der Waals surface area contributed by atoms with E-state index >= 15 is 0 Å². The molecule has 2 aromatic carbocycles. The van der Waals surface area contributed by atoms with Crippen LogP contribution in [0.15, 0.2) is 54.6 Å². The highest BCUT2D eigenvalue weighted by Gasteiger charge is 2.37. The molecule has 0 saturated heterocycles. The maximum Gasteiger partial charge on any atom is -0.00584 e. The minimum absolute atomic E-state index is 0.225. The predicted molar refractivity (Wildman–Crippen MR) is 93.5 cm³/mol. The Kier molecular flexibility index (Phi) is 4.27. The van der Waals surface area contributed by atoms with Crippen LogP contribution in [0.4, 0.5) is 0 Å². The van der Waals surface area contributed by atoms with Crippen molar-refractivity contribution in [2.24, 2.45) is 10.8 Å². The summed E-state index contributed by atoms with van der Waals surface area (Å²) in [4.78, 5) is 0. The standard InChI is InChI=1S/C21H28/c1-20(2,3)19(21(4,5)6)18-15-11-10-14-17(18)16-12-8-7-9-13-16/h7-15,19H,1-6H3. The molecule has 0 heterocycles. The van der Waals surface area contributed by atoms with E-state index in [-0.39, 0.29) is 10.8 Å². The summed E-state index contributed by atoms with van der Waals surface area (Å²) in [6, 6.07) is 19.6. The molecule has 0 bridgehead atoms. The molecular weight excluding hydrogens is 252 g/mol. The van der Waals surface area contributed by atoms with Crippen molar-refractivity contribution in [2.75, 3.05) is 0 Å². The third kappa shape index (κ3) is 3.56. The van der Waals surface area contributed by atoms with E-state index in [1.54, 1.807) is 0 Å². The van der Waals surface area contributed by atoms with E-state index in [2.05, 4.69) is 96.1 Å². The minimum atomic E-state index is 0.225.